The Bertz CT molecular complexity index is 733. The standard InChI is InChI=1S/C19H24N4O2/c24-19(21-12-16-11-20-13-23(16)15-8-9-15)22-14-4-3-7-18(10-14)25-17-5-1-2-6-17/h3-4,7,10-11,13,15,17H,1-2,5-6,8-9,12H2,(H2,21,22,24). The Hall–Kier alpha value is -2.50. The molecule has 2 aromatic rings. The van der Waals surface area contributed by atoms with Crippen molar-refractivity contribution in [1.82, 2.24) is 14.9 Å². The first-order valence-corrected chi connectivity index (χ1v) is 9.10. The molecule has 4 rings (SSSR count). The van der Waals surface area contributed by atoms with Crippen molar-refractivity contribution >= 4 is 11.7 Å². The van der Waals surface area contributed by atoms with Gasteiger partial charge < -0.3 is 19.9 Å². The number of carbonyl (C=O) groups excluding carboxylic acids is 1. The summed E-state index contributed by atoms with van der Waals surface area (Å²) in [5.41, 5.74) is 1.78. The van der Waals surface area contributed by atoms with Crippen LogP contribution < -0.4 is 15.4 Å². The SMILES string of the molecule is O=C(NCc1cncn1C1CC1)Nc1cccc(OC2CCCC2)c1. The fourth-order valence-electron chi connectivity index (χ4n) is 3.34. The van der Waals surface area contributed by atoms with Crippen molar-refractivity contribution in [2.75, 3.05) is 5.32 Å². The largest absolute Gasteiger partial charge is 0.490 e. The van der Waals surface area contributed by atoms with E-state index in [0.29, 0.717) is 18.7 Å². The number of hydrogen-bond acceptors (Lipinski definition) is 3. The molecule has 0 atom stereocenters. The molecule has 25 heavy (non-hydrogen) atoms. The van der Waals surface area contributed by atoms with Gasteiger partial charge in [-0.1, -0.05) is 6.07 Å². The Morgan fingerprint density at radius 2 is 2.08 bits per heavy atom. The van der Waals surface area contributed by atoms with Gasteiger partial charge in [-0.3, -0.25) is 0 Å². The number of amides is 2. The molecular formula is C19H24N4O2. The molecule has 132 valence electrons. The van der Waals surface area contributed by atoms with Crippen LogP contribution in [0.5, 0.6) is 5.75 Å². The molecule has 6 heteroatoms. The fourth-order valence-corrected chi connectivity index (χ4v) is 3.34. The van der Waals surface area contributed by atoms with Gasteiger partial charge in [0.1, 0.15) is 5.75 Å². The molecule has 0 saturated heterocycles. The summed E-state index contributed by atoms with van der Waals surface area (Å²) < 4.78 is 8.13. The van der Waals surface area contributed by atoms with Gasteiger partial charge in [0, 0.05) is 24.0 Å². The molecule has 2 amide bonds. The van der Waals surface area contributed by atoms with Crippen LogP contribution in [0, 0.1) is 0 Å². The molecule has 1 aromatic carbocycles. The number of imidazole rings is 1. The van der Waals surface area contributed by atoms with Gasteiger partial charge in [-0.25, -0.2) is 9.78 Å². The number of nitrogens with one attached hydrogen (secondary N) is 2. The molecule has 0 aliphatic heterocycles. The second kappa shape index (κ2) is 7.17. The van der Waals surface area contributed by atoms with Gasteiger partial charge >= 0.3 is 6.03 Å². The quantitative estimate of drug-likeness (QED) is 0.839. The van der Waals surface area contributed by atoms with E-state index >= 15 is 0 Å². The van der Waals surface area contributed by atoms with Crippen LogP contribution in [0.15, 0.2) is 36.8 Å². The molecule has 0 unspecified atom stereocenters. The van der Waals surface area contributed by atoms with Crippen molar-refractivity contribution in [2.45, 2.75) is 57.2 Å². The van der Waals surface area contributed by atoms with Gasteiger partial charge in [0.05, 0.1) is 24.7 Å². The number of ether oxygens (including phenoxy) is 1. The van der Waals surface area contributed by atoms with Gasteiger partial charge in [-0.05, 0) is 50.7 Å². The minimum atomic E-state index is -0.221. The van der Waals surface area contributed by atoms with Gasteiger partial charge in [0.15, 0.2) is 0 Å². The summed E-state index contributed by atoms with van der Waals surface area (Å²) in [6, 6.07) is 7.94. The van der Waals surface area contributed by atoms with Crippen molar-refractivity contribution in [3.63, 3.8) is 0 Å². The second-order valence-corrected chi connectivity index (χ2v) is 6.88. The Balaban J connectivity index is 1.30. The number of anilines is 1. The van der Waals surface area contributed by atoms with E-state index in [2.05, 4.69) is 20.2 Å². The number of nitrogens with zero attached hydrogens (tertiary/aromatic N) is 2. The minimum Gasteiger partial charge on any atom is -0.490 e. The Morgan fingerprint density at radius 1 is 1.24 bits per heavy atom. The molecule has 0 spiro atoms. The maximum Gasteiger partial charge on any atom is 0.319 e. The highest BCUT2D eigenvalue weighted by atomic mass is 16.5. The number of carbonyl (C=O) groups is 1. The fraction of sp³-hybridized carbons (Fsp3) is 0.474. The molecule has 0 bridgehead atoms. The summed E-state index contributed by atoms with van der Waals surface area (Å²) in [7, 11) is 0. The van der Waals surface area contributed by atoms with Crippen LogP contribution in [0.25, 0.3) is 0 Å². The summed E-state index contributed by atoms with van der Waals surface area (Å²) in [6.45, 7) is 0.473. The molecule has 2 aliphatic carbocycles. The van der Waals surface area contributed by atoms with Crippen LogP contribution in [0.3, 0.4) is 0 Å². The molecule has 1 aromatic heterocycles. The van der Waals surface area contributed by atoms with Gasteiger partial charge in [0.2, 0.25) is 0 Å². The minimum absolute atomic E-state index is 0.221. The van der Waals surface area contributed by atoms with Crippen LogP contribution in [0.4, 0.5) is 10.5 Å². The van der Waals surface area contributed by atoms with E-state index in [0.717, 1.165) is 30.0 Å². The number of hydrogen-bond donors (Lipinski definition) is 2. The Labute approximate surface area is 147 Å². The van der Waals surface area contributed by atoms with Gasteiger partial charge in [0.25, 0.3) is 0 Å². The zero-order chi connectivity index (χ0) is 17.1. The van der Waals surface area contributed by atoms with Crippen LogP contribution in [-0.2, 0) is 6.54 Å². The number of aromatic nitrogens is 2. The van der Waals surface area contributed by atoms with E-state index < -0.39 is 0 Å². The average molecular weight is 340 g/mol. The number of urea groups is 1. The predicted octanol–water partition coefficient (Wildman–Crippen LogP) is 3.86. The maximum atomic E-state index is 12.2. The van der Waals surface area contributed by atoms with Crippen molar-refractivity contribution in [2.24, 2.45) is 0 Å². The predicted molar refractivity (Wildman–Crippen MR) is 95.7 cm³/mol. The molecule has 2 N–H and O–H groups in total. The lowest BCUT2D eigenvalue weighted by Gasteiger charge is -2.14. The van der Waals surface area contributed by atoms with E-state index in [4.69, 9.17) is 4.74 Å². The molecule has 2 fully saturated rings. The highest BCUT2D eigenvalue weighted by Crippen LogP contribution is 2.35. The van der Waals surface area contributed by atoms with Crippen LogP contribution >= 0.6 is 0 Å². The maximum absolute atomic E-state index is 12.2. The average Bonchev–Trinajstić information content (AvgIpc) is 3.12. The lowest BCUT2D eigenvalue weighted by atomic mass is 10.2. The van der Waals surface area contributed by atoms with E-state index in [-0.39, 0.29) is 6.03 Å². The van der Waals surface area contributed by atoms with Crippen LogP contribution in [0.1, 0.15) is 50.3 Å². The van der Waals surface area contributed by atoms with Gasteiger partial charge in [-0.2, -0.15) is 0 Å². The summed E-state index contributed by atoms with van der Waals surface area (Å²) >= 11 is 0. The first-order valence-electron chi connectivity index (χ1n) is 9.10. The molecule has 6 nitrogen and oxygen atoms in total. The summed E-state index contributed by atoms with van der Waals surface area (Å²) in [5, 5.41) is 5.77. The lowest BCUT2D eigenvalue weighted by molar-refractivity contribution is 0.210. The van der Waals surface area contributed by atoms with Gasteiger partial charge in [-0.15, -0.1) is 0 Å². The number of rotatable bonds is 6. The molecular weight excluding hydrogens is 316 g/mol. The lowest BCUT2D eigenvalue weighted by Crippen LogP contribution is -2.29. The molecule has 2 saturated carbocycles. The molecule has 2 aliphatic rings. The third-order valence-electron chi connectivity index (χ3n) is 4.81. The van der Waals surface area contributed by atoms with Crippen molar-refractivity contribution < 1.29 is 9.53 Å². The monoisotopic (exact) mass is 340 g/mol. The zero-order valence-corrected chi connectivity index (χ0v) is 14.3. The molecule has 1 heterocycles. The normalized spacial score (nSPS) is 17.4. The topological polar surface area (TPSA) is 68.2 Å². The van der Waals surface area contributed by atoms with Crippen molar-refractivity contribution in [3.8, 4) is 5.75 Å². The van der Waals surface area contributed by atoms with E-state index in [1.165, 1.54) is 25.7 Å². The smallest absolute Gasteiger partial charge is 0.319 e. The third kappa shape index (κ3) is 4.13. The molecule has 0 radical (unpaired) electrons. The summed E-state index contributed by atoms with van der Waals surface area (Å²) in [4.78, 5) is 16.3. The highest BCUT2D eigenvalue weighted by molar-refractivity contribution is 5.89. The first kappa shape index (κ1) is 16.0. The van der Waals surface area contributed by atoms with Crippen LogP contribution in [0.2, 0.25) is 0 Å². The van der Waals surface area contributed by atoms with Crippen molar-refractivity contribution in [3.05, 3.63) is 42.5 Å². The van der Waals surface area contributed by atoms with Crippen molar-refractivity contribution in [1.29, 1.82) is 0 Å². The number of benzene rings is 1. The highest BCUT2D eigenvalue weighted by Gasteiger charge is 2.25. The second-order valence-electron chi connectivity index (χ2n) is 6.88. The first-order chi connectivity index (χ1) is 12.3. The Morgan fingerprint density at radius 3 is 2.88 bits per heavy atom. The summed E-state index contributed by atoms with van der Waals surface area (Å²) in [6.07, 6.45) is 11.1. The van der Waals surface area contributed by atoms with E-state index in [1.54, 1.807) is 0 Å². The summed E-state index contributed by atoms with van der Waals surface area (Å²) in [5.74, 6) is 0.816. The van der Waals surface area contributed by atoms with E-state index in [9.17, 15) is 4.79 Å². The Kier molecular flexibility index (Phi) is 4.59. The van der Waals surface area contributed by atoms with E-state index in [1.807, 2.05) is 36.8 Å². The third-order valence-corrected chi connectivity index (χ3v) is 4.81. The van der Waals surface area contributed by atoms with Crippen LogP contribution in [-0.4, -0.2) is 21.7 Å². The zero-order valence-electron chi connectivity index (χ0n) is 14.3.